The number of rotatable bonds is 12. The number of aromatic nitrogens is 1. The van der Waals surface area contributed by atoms with E-state index >= 15 is 0 Å². The van der Waals surface area contributed by atoms with Gasteiger partial charge in [0.15, 0.2) is 0 Å². The summed E-state index contributed by atoms with van der Waals surface area (Å²) in [5.41, 5.74) is 2.70. The number of nitrogens with zero attached hydrogens (tertiary/aromatic N) is 5. The summed E-state index contributed by atoms with van der Waals surface area (Å²) >= 11 is 0. The van der Waals surface area contributed by atoms with Crippen molar-refractivity contribution in [3.8, 4) is 0 Å². The first-order valence-electron chi connectivity index (χ1n) is 16.6. The van der Waals surface area contributed by atoms with E-state index in [0.717, 1.165) is 45.0 Å². The van der Waals surface area contributed by atoms with Gasteiger partial charge in [0.05, 0.1) is 37.6 Å². The first-order chi connectivity index (χ1) is 23.0. The number of hydrogen-bond acceptors (Lipinski definition) is 10. The second kappa shape index (κ2) is 13.9. The number of carbonyl (C=O) groups is 4. The predicted octanol–water partition coefficient (Wildman–Crippen LogP) is 2.53. The highest BCUT2D eigenvalue weighted by Gasteiger charge is 2.41. The summed E-state index contributed by atoms with van der Waals surface area (Å²) in [5, 5.41) is 4.17. The van der Waals surface area contributed by atoms with Gasteiger partial charge in [0, 0.05) is 105 Å². The maximum Gasteiger partial charge on any atom is 0.263 e. The minimum atomic E-state index is -0.415. The molecule has 2 saturated heterocycles. The van der Waals surface area contributed by atoms with Crippen molar-refractivity contribution in [3.05, 3.63) is 70.5 Å². The standard InChI is InChI=1S/C35H40N6O6/c42-32-25-6-7-26-30-29(25)27(34(44)40(32)13-3-11-38-15-19-46-20-16-38)23-28(37-10-8-24-5-1-2-9-36-24)31(30)35(45)41(33(26)43)14-4-12-39-17-21-47-22-18-39/h1-2,5-7,9,23,37H,3-4,8,10-22H2. The average molecular weight is 641 g/mol. The molecule has 4 aliphatic rings. The zero-order valence-corrected chi connectivity index (χ0v) is 26.5. The van der Waals surface area contributed by atoms with E-state index in [9.17, 15) is 19.2 Å². The molecule has 4 amide bonds. The van der Waals surface area contributed by atoms with Gasteiger partial charge in [0.1, 0.15) is 0 Å². The molecular formula is C35H40N6O6. The van der Waals surface area contributed by atoms with Crippen molar-refractivity contribution in [1.82, 2.24) is 24.6 Å². The molecule has 246 valence electrons. The molecular weight excluding hydrogens is 600 g/mol. The van der Waals surface area contributed by atoms with Crippen molar-refractivity contribution in [2.24, 2.45) is 0 Å². The third-order valence-corrected chi connectivity index (χ3v) is 9.51. The Kier molecular flexibility index (Phi) is 9.25. The van der Waals surface area contributed by atoms with Crippen LogP contribution < -0.4 is 5.32 Å². The van der Waals surface area contributed by atoms with Crippen LogP contribution in [0.1, 0.15) is 60.0 Å². The SMILES string of the molecule is O=C1c2ccc3c4c(c(NCCc5ccccn5)cc(c24)C(=O)N1CCCN1CCOCC1)C(=O)N(CCCN1CCOCC1)C3=O. The second-order valence-corrected chi connectivity index (χ2v) is 12.4. The Bertz CT molecular complexity index is 1690. The number of anilines is 1. The molecule has 1 aromatic heterocycles. The van der Waals surface area contributed by atoms with Crippen molar-refractivity contribution in [3.63, 3.8) is 0 Å². The summed E-state index contributed by atoms with van der Waals surface area (Å²) in [7, 11) is 0. The van der Waals surface area contributed by atoms with Crippen LogP contribution >= 0.6 is 0 Å². The van der Waals surface area contributed by atoms with E-state index in [2.05, 4.69) is 20.1 Å². The fourth-order valence-corrected chi connectivity index (χ4v) is 7.04. The van der Waals surface area contributed by atoms with Gasteiger partial charge in [-0.15, -0.1) is 0 Å². The normalized spacial score (nSPS) is 18.8. The third kappa shape index (κ3) is 6.26. The van der Waals surface area contributed by atoms with Gasteiger partial charge in [-0.1, -0.05) is 6.07 Å². The Hall–Kier alpha value is -4.23. The minimum Gasteiger partial charge on any atom is -0.384 e. The van der Waals surface area contributed by atoms with Crippen molar-refractivity contribution in [2.45, 2.75) is 19.3 Å². The molecule has 0 aliphatic carbocycles. The van der Waals surface area contributed by atoms with Gasteiger partial charge in [-0.05, 0) is 43.2 Å². The Labute approximate surface area is 273 Å². The van der Waals surface area contributed by atoms with Crippen LogP contribution in [-0.4, -0.2) is 134 Å². The fraction of sp³-hybridized carbons (Fsp3) is 0.457. The van der Waals surface area contributed by atoms with E-state index in [4.69, 9.17) is 9.47 Å². The zero-order valence-electron chi connectivity index (χ0n) is 26.5. The molecule has 0 unspecified atom stereocenters. The topological polar surface area (TPSA) is 125 Å². The molecule has 1 N–H and O–H groups in total. The van der Waals surface area contributed by atoms with Crippen LogP contribution in [0.3, 0.4) is 0 Å². The third-order valence-electron chi connectivity index (χ3n) is 9.51. The fourth-order valence-electron chi connectivity index (χ4n) is 7.04. The first kappa shape index (κ1) is 31.4. The van der Waals surface area contributed by atoms with Gasteiger partial charge >= 0.3 is 0 Å². The smallest absolute Gasteiger partial charge is 0.263 e. The molecule has 47 heavy (non-hydrogen) atoms. The lowest BCUT2D eigenvalue weighted by Gasteiger charge is -2.34. The van der Waals surface area contributed by atoms with Crippen LogP contribution in [0.5, 0.6) is 0 Å². The van der Waals surface area contributed by atoms with Crippen LogP contribution in [0, 0.1) is 0 Å². The lowest BCUT2D eigenvalue weighted by atomic mass is 9.84. The number of nitrogens with one attached hydrogen (secondary N) is 1. The average Bonchev–Trinajstić information content (AvgIpc) is 3.10. The number of carbonyl (C=O) groups excluding carboxylic acids is 4. The molecule has 12 nitrogen and oxygen atoms in total. The Morgan fingerprint density at radius 3 is 1.83 bits per heavy atom. The van der Waals surface area contributed by atoms with Crippen molar-refractivity contribution < 1.29 is 28.7 Å². The largest absolute Gasteiger partial charge is 0.384 e. The Balaban J connectivity index is 1.20. The van der Waals surface area contributed by atoms with Gasteiger partial charge in [-0.2, -0.15) is 0 Å². The van der Waals surface area contributed by atoms with Gasteiger partial charge in [0.25, 0.3) is 23.6 Å². The van der Waals surface area contributed by atoms with Gasteiger partial charge < -0.3 is 14.8 Å². The number of morpholine rings is 2. The molecule has 12 heteroatoms. The van der Waals surface area contributed by atoms with Crippen molar-refractivity contribution >= 4 is 40.1 Å². The number of pyridine rings is 1. The minimum absolute atomic E-state index is 0.265. The monoisotopic (exact) mass is 640 g/mol. The molecule has 0 atom stereocenters. The zero-order chi connectivity index (χ0) is 32.3. The summed E-state index contributed by atoms with van der Waals surface area (Å²) in [6.45, 7) is 8.53. The van der Waals surface area contributed by atoms with E-state index in [1.807, 2.05) is 18.2 Å². The summed E-state index contributed by atoms with van der Waals surface area (Å²) in [5.74, 6) is -1.62. The molecule has 0 spiro atoms. The number of benzene rings is 2. The van der Waals surface area contributed by atoms with Gasteiger partial charge in [-0.25, -0.2) is 0 Å². The second-order valence-electron chi connectivity index (χ2n) is 12.4. The van der Waals surface area contributed by atoms with Gasteiger partial charge in [0.2, 0.25) is 0 Å². The number of imide groups is 2. The maximum absolute atomic E-state index is 14.2. The summed E-state index contributed by atoms with van der Waals surface area (Å²) < 4.78 is 10.9. The maximum atomic E-state index is 14.2. The van der Waals surface area contributed by atoms with Crippen molar-refractivity contribution in [1.29, 1.82) is 0 Å². The highest BCUT2D eigenvalue weighted by Crippen LogP contribution is 2.41. The van der Waals surface area contributed by atoms with Crippen LogP contribution in [0.25, 0.3) is 10.8 Å². The van der Waals surface area contributed by atoms with E-state index in [-0.39, 0.29) is 13.1 Å². The molecule has 0 saturated carbocycles. The number of hydrogen-bond donors (Lipinski definition) is 1. The Morgan fingerprint density at radius 2 is 1.23 bits per heavy atom. The summed E-state index contributed by atoms with van der Waals surface area (Å²) in [6, 6.07) is 10.7. The van der Waals surface area contributed by atoms with E-state index in [1.54, 1.807) is 24.4 Å². The van der Waals surface area contributed by atoms with Crippen LogP contribution in [0.2, 0.25) is 0 Å². The van der Waals surface area contributed by atoms with Crippen molar-refractivity contribution in [2.75, 3.05) is 90.6 Å². The van der Waals surface area contributed by atoms with E-state index in [0.29, 0.717) is 90.9 Å². The molecule has 5 heterocycles. The summed E-state index contributed by atoms with van der Waals surface area (Å²) in [6.07, 6.45) is 3.60. The Morgan fingerprint density at radius 1 is 0.660 bits per heavy atom. The lowest BCUT2D eigenvalue weighted by Crippen LogP contribution is -2.45. The molecule has 2 fully saturated rings. The molecule has 4 aliphatic heterocycles. The number of amides is 4. The molecule has 2 aromatic carbocycles. The lowest BCUT2D eigenvalue weighted by molar-refractivity contribution is 0.0351. The highest BCUT2D eigenvalue weighted by molar-refractivity contribution is 6.34. The van der Waals surface area contributed by atoms with Gasteiger partial charge in [-0.3, -0.25) is 43.8 Å². The molecule has 0 bridgehead atoms. The van der Waals surface area contributed by atoms with Crippen LogP contribution in [0.15, 0.2) is 42.6 Å². The summed E-state index contributed by atoms with van der Waals surface area (Å²) in [4.78, 5) is 67.5. The quantitative estimate of drug-likeness (QED) is 0.296. The number of ether oxygens (including phenoxy) is 2. The predicted molar refractivity (Wildman–Crippen MR) is 175 cm³/mol. The first-order valence-corrected chi connectivity index (χ1v) is 16.6. The van der Waals surface area contributed by atoms with Crippen LogP contribution in [-0.2, 0) is 15.9 Å². The molecule has 7 rings (SSSR count). The highest BCUT2D eigenvalue weighted by atomic mass is 16.5. The van der Waals surface area contributed by atoms with E-state index < -0.39 is 23.6 Å². The molecule has 0 radical (unpaired) electrons. The van der Waals surface area contributed by atoms with Crippen LogP contribution in [0.4, 0.5) is 5.69 Å². The van der Waals surface area contributed by atoms with E-state index in [1.165, 1.54) is 9.80 Å². The molecule has 3 aromatic rings.